The molecule has 15 aromatic rings. The first-order chi connectivity index (χ1) is 41.5. The zero-order chi connectivity index (χ0) is 59.4. The molecule has 0 aliphatic carbocycles. The molecule has 15 rings (SSSR count). The van der Waals surface area contributed by atoms with Crippen LogP contribution in [0.2, 0.25) is 0 Å². The van der Waals surface area contributed by atoms with Crippen LogP contribution in [0.15, 0.2) is 243 Å². The predicted octanol–water partition coefficient (Wildman–Crippen LogP) is 17.5. The van der Waals surface area contributed by atoms with Gasteiger partial charge in [-0.2, -0.15) is 0 Å². The smallest absolute Gasteiger partial charge is 0.269 e. The van der Waals surface area contributed by atoms with Crippen LogP contribution in [0.25, 0.3) is 121 Å². The molecule has 0 amide bonds. The maximum absolute atomic E-state index is 9.39. The van der Waals surface area contributed by atoms with Crippen LogP contribution in [-0.2, 0) is 5.41 Å². The van der Waals surface area contributed by atoms with Crippen molar-refractivity contribution in [1.29, 1.82) is 0 Å². The van der Waals surface area contributed by atoms with Crippen LogP contribution in [0.5, 0.6) is 11.5 Å². The third-order valence-corrected chi connectivity index (χ3v) is 14.8. The molecule has 0 fully saturated rings. The van der Waals surface area contributed by atoms with Crippen molar-refractivity contribution in [3.63, 3.8) is 0 Å². The third kappa shape index (κ3) is 6.73. The second-order valence-electron chi connectivity index (χ2n) is 20.2. The first-order valence-corrected chi connectivity index (χ1v) is 25.2. The summed E-state index contributed by atoms with van der Waals surface area (Å²) in [5.41, 5.74) is 7.48. The third-order valence-electron chi connectivity index (χ3n) is 14.8. The summed E-state index contributed by atoms with van der Waals surface area (Å²) in [5, 5.41) is 7.77. The Hall–Kier alpha value is -9.78. The summed E-state index contributed by atoms with van der Waals surface area (Å²) >= 11 is 0. The van der Waals surface area contributed by atoms with E-state index in [4.69, 9.17) is 17.9 Å². The average Bonchev–Trinajstić information content (AvgIpc) is 1.75. The zero-order valence-electron chi connectivity index (χ0n) is 51.5. The number of nitrogens with zero attached hydrogens (tertiary/aromatic N) is 5. The second-order valence-corrected chi connectivity index (χ2v) is 20.2. The Morgan fingerprint density at radius 2 is 1.01 bits per heavy atom. The van der Waals surface area contributed by atoms with Crippen LogP contribution in [0.4, 0.5) is 0 Å². The molecule has 0 bridgehead atoms. The number of pyridine rings is 1. The van der Waals surface area contributed by atoms with Crippen molar-refractivity contribution in [3.8, 4) is 45.3 Å². The van der Waals surface area contributed by atoms with Gasteiger partial charge in [0.15, 0.2) is 0 Å². The lowest BCUT2D eigenvalue weighted by Gasteiger charge is -2.20. The van der Waals surface area contributed by atoms with Gasteiger partial charge in [-0.15, -0.1) is 0 Å². The normalized spacial score (nSPS) is 14.0. The van der Waals surface area contributed by atoms with Gasteiger partial charge in [-0.1, -0.05) is 196 Å². The maximum Gasteiger partial charge on any atom is 0.269 e. The Kier molecular flexibility index (Phi) is 7.69. The number of aromatic nitrogens is 5. The summed E-state index contributed by atoms with van der Waals surface area (Å²) in [7, 11) is 0. The molecule has 0 atom stereocenters. The molecule has 0 saturated carbocycles. The van der Waals surface area contributed by atoms with Crippen molar-refractivity contribution >= 4 is 87.2 Å². The van der Waals surface area contributed by atoms with Gasteiger partial charge in [0.05, 0.1) is 63.5 Å². The fourth-order valence-corrected chi connectivity index (χ4v) is 11.4. The molecular formula is C70H49N5O. The molecule has 10 aromatic carbocycles. The summed E-state index contributed by atoms with van der Waals surface area (Å²) in [4.78, 5) is 4.92. The molecule has 360 valence electrons. The summed E-state index contributed by atoms with van der Waals surface area (Å²) in [6, 6.07) is 52.9. The monoisotopic (exact) mass is 985 g/mol. The van der Waals surface area contributed by atoms with Crippen molar-refractivity contribution in [3.05, 3.63) is 254 Å². The van der Waals surface area contributed by atoms with E-state index in [2.05, 4.69) is 109 Å². The molecule has 5 heterocycles. The average molecular weight is 986 g/mol. The number of benzene rings is 10. The van der Waals surface area contributed by atoms with E-state index < -0.39 is 60.4 Å². The van der Waals surface area contributed by atoms with Gasteiger partial charge in [-0.05, 0) is 104 Å². The highest BCUT2D eigenvalue weighted by Crippen LogP contribution is 2.41. The fraction of sp³-hybridized carbons (Fsp3) is 0.0571. The standard InChI is InChI=1S/C70H49N5O/c1-70(2,3)47-39-40-71-66(41-47)74-60-32-14-12-25-54(60)56-37-35-48(42-64(56)74)76-49-36-38-62-65(43-49)73-44-72(67-50(45-19-6-4-7-20-45)27-16-28-51(67)46-21-8-5-9-22-46)63-34-18-31-58(69(63)73)53-24-11-10-23-52(53)57-29-17-30-59-55-26-13-15-33-61(55)75(62)68(57)59/h4-43H,1-3H3/i4D,5D,6D,7D,8D,9D,19D,20D,21D,22D. The predicted molar refractivity (Wildman–Crippen MR) is 313 cm³/mol. The van der Waals surface area contributed by atoms with Gasteiger partial charge in [0.1, 0.15) is 17.3 Å². The Balaban J connectivity index is 1.10. The maximum atomic E-state index is 9.39. The molecule has 0 aliphatic rings. The molecule has 0 saturated heterocycles. The van der Waals surface area contributed by atoms with Crippen LogP contribution in [0.1, 0.15) is 40.0 Å². The quantitative estimate of drug-likeness (QED) is 0.123. The minimum atomic E-state index is -0.579. The molecule has 0 radical (unpaired) electrons. The lowest BCUT2D eigenvalue weighted by molar-refractivity contribution is -0.570. The first-order valence-electron chi connectivity index (χ1n) is 30.2. The van der Waals surface area contributed by atoms with Crippen LogP contribution in [0.3, 0.4) is 0 Å². The number of hydrogen-bond donors (Lipinski definition) is 0. The SMILES string of the molecule is [2H]c1c([2H])c([2H])c(-c2cccc(-c3c([2H])c([2H])c([2H])c([2H])c3[2H])c2-[n+]2[c-]n3c4cc(Oc5ccc6c7ccccc7n(-c7cc(C(C)(C)C)ccn7)c6c5)ccc4n4c5ccccc5c5cccc(c6ccccc6c6cccc2c63)c54)c([2H])c1[2H]. The molecule has 6 nitrogen and oxygen atoms in total. The van der Waals surface area contributed by atoms with E-state index in [0.717, 1.165) is 82.1 Å². The largest absolute Gasteiger partial charge is 0.458 e. The first kappa shape index (κ1) is 34.6. The van der Waals surface area contributed by atoms with Crippen LogP contribution >= 0.6 is 0 Å². The van der Waals surface area contributed by atoms with Gasteiger partial charge in [-0.3, -0.25) is 13.5 Å². The number of hydrogen-bond acceptors (Lipinski definition) is 2. The van der Waals surface area contributed by atoms with Gasteiger partial charge < -0.3 is 9.14 Å². The second kappa shape index (κ2) is 16.9. The minimum Gasteiger partial charge on any atom is -0.458 e. The van der Waals surface area contributed by atoms with E-state index in [9.17, 15) is 5.48 Å². The topological polar surface area (TPSA) is 39.8 Å². The Labute approximate surface area is 452 Å². The lowest BCUT2D eigenvalue weighted by atomic mass is 9.88. The van der Waals surface area contributed by atoms with Crippen molar-refractivity contribution in [2.75, 3.05) is 0 Å². The summed E-state index contributed by atoms with van der Waals surface area (Å²) in [6.07, 6.45) is 5.61. The number of rotatable bonds is 6. The van der Waals surface area contributed by atoms with Crippen molar-refractivity contribution in [2.24, 2.45) is 0 Å². The highest BCUT2D eigenvalue weighted by Gasteiger charge is 2.23. The Bertz CT molecular complexity index is 5380. The van der Waals surface area contributed by atoms with Crippen molar-refractivity contribution in [1.82, 2.24) is 18.4 Å². The summed E-state index contributed by atoms with van der Waals surface area (Å²) < 4.78 is 106. The van der Waals surface area contributed by atoms with E-state index >= 15 is 0 Å². The zero-order valence-corrected chi connectivity index (χ0v) is 41.5. The highest BCUT2D eigenvalue weighted by atomic mass is 16.5. The molecule has 0 unspecified atom stereocenters. The summed E-state index contributed by atoms with van der Waals surface area (Å²) in [6.45, 7) is 6.57. The number of fused-ring (bicyclic) bond motifs is 12. The number of ether oxygens (including phenoxy) is 1. The van der Waals surface area contributed by atoms with E-state index in [1.807, 2.05) is 95.5 Å². The lowest BCUT2D eigenvalue weighted by Crippen LogP contribution is -2.31. The highest BCUT2D eigenvalue weighted by molar-refractivity contribution is 6.23. The van der Waals surface area contributed by atoms with E-state index in [1.165, 1.54) is 0 Å². The molecule has 0 spiro atoms. The fourth-order valence-electron chi connectivity index (χ4n) is 11.4. The van der Waals surface area contributed by atoms with E-state index in [0.29, 0.717) is 28.0 Å². The van der Waals surface area contributed by atoms with Gasteiger partial charge in [0.2, 0.25) is 0 Å². The van der Waals surface area contributed by atoms with Crippen molar-refractivity contribution in [2.45, 2.75) is 26.2 Å². The van der Waals surface area contributed by atoms with Crippen LogP contribution in [0, 0.1) is 6.33 Å². The van der Waals surface area contributed by atoms with Crippen LogP contribution in [-0.4, -0.2) is 18.4 Å². The number of imidazole rings is 1. The minimum absolute atomic E-state index is 0.125. The molecule has 6 heteroatoms. The Morgan fingerprint density at radius 1 is 0.474 bits per heavy atom. The molecule has 0 N–H and O–H groups in total. The van der Waals surface area contributed by atoms with Crippen molar-refractivity contribution < 1.29 is 23.0 Å². The summed E-state index contributed by atoms with van der Waals surface area (Å²) in [5.74, 6) is 1.83. The van der Waals surface area contributed by atoms with E-state index in [1.54, 1.807) is 22.8 Å². The molecule has 0 aliphatic heterocycles. The Morgan fingerprint density at radius 3 is 1.70 bits per heavy atom. The number of para-hydroxylation sites is 5. The molecule has 76 heavy (non-hydrogen) atoms. The van der Waals surface area contributed by atoms with E-state index in [-0.39, 0.29) is 33.4 Å². The van der Waals surface area contributed by atoms with Gasteiger partial charge in [0.25, 0.3) is 6.33 Å². The van der Waals surface area contributed by atoms with Gasteiger partial charge in [-0.25, -0.2) is 4.98 Å². The molecule has 5 aromatic heterocycles. The van der Waals surface area contributed by atoms with Crippen LogP contribution < -0.4 is 9.30 Å². The molecular weight excluding hydrogens is 927 g/mol. The van der Waals surface area contributed by atoms with Gasteiger partial charge in [0, 0.05) is 39.2 Å². The van der Waals surface area contributed by atoms with Gasteiger partial charge >= 0.3 is 0 Å².